The summed E-state index contributed by atoms with van der Waals surface area (Å²) in [5, 5.41) is 7.69. The molecular weight excluding hydrogens is 355 g/mol. The summed E-state index contributed by atoms with van der Waals surface area (Å²) in [7, 11) is 2.65. The van der Waals surface area contributed by atoms with E-state index in [1.807, 2.05) is 0 Å². The van der Waals surface area contributed by atoms with Gasteiger partial charge >= 0.3 is 17.9 Å². The molecule has 0 spiro atoms. The van der Waals surface area contributed by atoms with E-state index in [0.717, 1.165) is 11.4 Å². The van der Waals surface area contributed by atoms with E-state index in [0.29, 0.717) is 0 Å². The number of aliphatic carboxylic acids is 1. The van der Waals surface area contributed by atoms with Gasteiger partial charge in [0.1, 0.15) is 5.25 Å². The van der Waals surface area contributed by atoms with Crippen LogP contribution in [0.25, 0.3) is 0 Å². The maximum absolute atomic E-state index is 12.1. The SMILES string of the molecule is CCOC(=O)CC(SP(=S)(OC)OC)C(=O)OC(C)C(=O)O. The van der Waals surface area contributed by atoms with Crippen molar-refractivity contribution in [1.29, 1.82) is 0 Å². The molecule has 8 nitrogen and oxygen atoms in total. The summed E-state index contributed by atoms with van der Waals surface area (Å²) in [6.45, 7) is 2.98. The summed E-state index contributed by atoms with van der Waals surface area (Å²) >= 11 is 5.96. The minimum atomic E-state index is -2.84. The van der Waals surface area contributed by atoms with Crippen molar-refractivity contribution in [2.45, 2.75) is 31.6 Å². The third-order valence-corrected chi connectivity index (χ3v) is 8.13. The first-order valence-corrected chi connectivity index (χ1v) is 10.3. The van der Waals surface area contributed by atoms with Crippen LogP contribution in [0, 0.1) is 0 Å². The number of carbonyl (C=O) groups is 3. The third-order valence-electron chi connectivity index (χ3n) is 2.26. The van der Waals surface area contributed by atoms with Gasteiger partial charge in [0.2, 0.25) is 5.69 Å². The number of carboxylic acids is 1. The van der Waals surface area contributed by atoms with Gasteiger partial charge in [-0.25, -0.2) is 4.79 Å². The van der Waals surface area contributed by atoms with E-state index in [1.54, 1.807) is 6.92 Å². The minimum Gasteiger partial charge on any atom is -0.479 e. The average molecular weight is 374 g/mol. The second kappa shape index (κ2) is 10.2. The van der Waals surface area contributed by atoms with Crippen LogP contribution in [-0.4, -0.2) is 55.2 Å². The summed E-state index contributed by atoms with van der Waals surface area (Å²) in [5.41, 5.74) is -2.84. The smallest absolute Gasteiger partial charge is 0.344 e. The van der Waals surface area contributed by atoms with E-state index in [2.05, 4.69) is 0 Å². The lowest BCUT2D eigenvalue weighted by atomic mass is 10.3. The summed E-state index contributed by atoms with van der Waals surface area (Å²) in [4.78, 5) is 34.4. The van der Waals surface area contributed by atoms with Gasteiger partial charge in [-0.2, -0.15) is 0 Å². The Morgan fingerprint density at radius 1 is 1.27 bits per heavy atom. The van der Waals surface area contributed by atoms with Gasteiger partial charge in [-0.15, -0.1) is 0 Å². The Kier molecular flexibility index (Phi) is 9.86. The maximum Gasteiger partial charge on any atom is 0.344 e. The Balaban J connectivity index is 5.07. The predicted octanol–water partition coefficient (Wildman–Crippen LogP) is 1.58. The highest BCUT2D eigenvalue weighted by Crippen LogP contribution is 2.62. The molecule has 0 heterocycles. The number of hydrogen-bond acceptors (Lipinski definition) is 9. The minimum absolute atomic E-state index is 0.152. The number of esters is 2. The number of rotatable bonds is 10. The summed E-state index contributed by atoms with van der Waals surface area (Å²) < 4.78 is 19.7. The third kappa shape index (κ3) is 7.55. The molecule has 2 unspecified atom stereocenters. The topological polar surface area (TPSA) is 108 Å². The van der Waals surface area contributed by atoms with E-state index in [1.165, 1.54) is 21.1 Å². The van der Waals surface area contributed by atoms with Crippen molar-refractivity contribution in [3.8, 4) is 0 Å². The van der Waals surface area contributed by atoms with Crippen LogP contribution in [0.5, 0.6) is 0 Å². The Morgan fingerprint density at radius 2 is 1.82 bits per heavy atom. The molecule has 0 saturated heterocycles. The average Bonchev–Trinajstić information content (AvgIpc) is 2.46. The van der Waals surface area contributed by atoms with Gasteiger partial charge in [-0.05, 0) is 25.7 Å². The Hall–Kier alpha value is -0.670. The zero-order valence-corrected chi connectivity index (χ0v) is 15.2. The van der Waals surface area contributed by atoms with E-state index in [-0.39, 0.29) is 13.0 Å². The van der Waals surface area contributed by atoms with Gasteiger partial charge in [-0.1, -0.05) is 11.4 Å². The van der Waals surface area contributed by atoms with E-state index < -0.39 is 35.0 Å². The molecule has 0 aliphatic rings. The standard InChI is InChI=1S/C11H19O8PS2/c1-5-18-9(12)6-8(22-20(21,16-3)17-4)11(15)19-7(2)10(13)14/h7-8H,5-6H2,1-4H3,(H,13,14). The summed E-state index contributed by atoms with van der Waals surface area (Å²) in [6, 6.07) is 0. The molecule has 0 saturated carbocycles. The number of ether oxygens (including phenoxy) is 2. The Bertz CT molecular complexity index is 447. The highest BCUT2D eigenvalue weighted by Gasteiger charge is 2.34. The molecule has 0 aromatic carbocycles. The van der Waals surface area contributed by atoms with Gasteiger partial charge in [0.05, 0.1) is 13.0 Å². The lowest BCUT2D eigenvalue weighted by Gasteiger charge is -2.22. The van der Waals surface area contributed by atoms with Gasteiger partial charge in [-0.3, -0.25) is 9.59 Å². The molecule has 0 aliphatic heterocycles. The van der Waals surface area contributed by atoms with Gasteiger partial charge in [0.25, 0.3) is 0 Å². The molecule has 22 heavy (non-hydrogen) atoms. The van der Waals surface area contributed by atoms with Gasteiger partial charge < -0.3 is 23.6 Å². The van der Waals surface area contributed by atoms with Gasteiger partial charge in [0.15, 0.2) is 6.10 Å². The second-order valence-corrected chi connectivity index (χ2v) is 10.4. The molecule has 0 aromatic heterocycles. The summed E-state index contributed by atoms with van der Waals surface area (Å²) in [6.07, 6.45) is -1.67. The zero-order valence-electron chi connectivity index (χ0n) is 12.6. The molecule has 2 atom stereocenters. The van der Waals surface area contributed by atoms with E-state index in [9.17, 15) is 14.4 Å². The second-order valence-electron chi connectivity index (χ2n) is 3.83. The van der Waals surface area contributed by atoms with E-state index >= 15 is 0 Å². The monoisotopic (exact) mass is 374 g/mol. The van der Waals surface area contributed by atoms with Crippen molar-refractivity contribution >= 4 is 46.8 Å². The molecule has 0 radical (unpaired) electrons. The van der Waals surface area contributed by atoms with Crippen molar-refractivity contribution < 1.29 is 38.0 Å². The van der Waals surface area contributed by atoms with Crippen LogP contribution in [0.4, 0.5) is 0 Å². The van der Waals surface area contributed by atoms with Crippen molar-refractivity contribution in [3.63, 3.8) is 0 Å². The number of hydrogen-bond donors (Lipinski definition) is 1. The van der Waals surface area contributed by atoms with Crippen LogP contribution in [0.2, 0.25) is 0 Å². The number of carboxylic acid groups (broad SMARTS) is 1. The van der Waals surface area contributed by atoms with Crippen molar-refractivity contribution in [2.24, 2.45) is 0 Å². The first-order valence-electron chi connectivity index (χ1n) is 6.17. The van der Waals surface area contributed by atoms with E-state index in [4.69, 9.17) is 35.4 Å². The molecule has 1 N–H and O–H groups in total. The fraction of sp³-hybridized carbons (Fsp3) is 0.727. The predicted molar refractivity (Wildman–Crippen MR) is 84.1 cm³/mol. The molecule has 0 aromatic rings. The lowest BCUT2D eigenvalue weighted by molar-refractivity contribution is -0.163. The van der Waals surface area contributed by atoms with Crippen LogP contribution in [0.3, 0.4) is 0 Å². The molecule has 0 fully saturated rings. The normalized spacial score (nSPS) is 14.0. The molecule has 0 bridgehead atoms. The summed E-state index contributed by atoms with van der Waals surface area (Å²) in [5.74, 6) is -2.82. The first kappa shape index (κ1) is 21.3. The zero-order chi connectivity index (χ0) is 17.3. The van der Waals surface area contributed by atoms with Crippen molar-refractivity contribution in [1.82, 2.24) is 0 Å². The van der Waals surface area contributed by atoms with Crippen LogP contribution < -0.4 is 0 Å². The quantitative estimate of drug-likeness (QED) is 0.447. The molecule has 0 rings (SSSR count). The van der Waals surface area contributed by atoms with Crippen LogP contribution in [-0.2, 0) is 44.7 Å². The van der Waals surface area contributed by atoms with Crippen LogP contribution in [0.1, 0.15) is 20.3 Å². The largest absolute Gasteiger partial charge is 0.479 e. The van der Waals surface area contributed by atoms with Crippen LogP contribution in [0.15, 0.2) is 0 Å². The lowest BCUT2D eigenvalue weighted by Crippen LogP contribution is -2.31. The molecule has 11 heteroatoms. The number of carbonyl (C=O) groups excluding carboxylic acids is 2. The Labute approximate surface area is 137 Å². The van der Waals surface area contributed by atoms with Crippen molar-refractivity contribution in [2.75, 3.05) is 20.8 Å². The van der Waals surface area contributed by atoms with Crippen LogP contribution >= 0.6 is 17.1 Å². The highest BCUT2D eigenvalue weighted by atomic mass is 32.9. The fourth-order valence-electron chi connectivity index (χ4n) is 1.15. The molecule has 0 amide bonds. The maximum atomic E-state index is 12.1. The van der Waals surface area contributed by atoms with Gasteiger partial charge in [0, 0.05) is 14.2 Å². The highest BCUT2D eigenvalue weighted by molar-refractivity contribution is 8.68. The fourth-order valence-corrected chi connectivity index (χ4v) is 5.01. The molecule has 128 valence electrons. The Morgan fingerprint density at radius 3 is 2.23 bits per heavy atom. The molecule has 0 aliphatic carbocycles. The first-order chi connectivity index (χ1) is 10.2. The van der Waals surface area contributed by atoms with Crippen molar-refractivity contribution in [3.05, 3.63) is 0 Å². The molecular formula is C11H19O8PS2.